The number of nitriles is 1. The molecule has 19 heavy (non-hydrogen) atoms. The molecule has 0 bridgehead atoms. The lowest BCUT2D eigenvalue weighted by molar-refractivity contribution is 0.534. The Kier molecular flexibility index (Phi) is 4.42. The van der Waals surface area contributed by atoms with E-state index >= 15 is 0 Å². The summed E-state index contributed by atoms with van der Waals surface area (Å²) in [5, 5.41) is 17.8. The van der Waals surface area contributed by atoms with Gasteiger partial charge < -0.3 is 4.42 Å². The van der Waals surface area contributed by atoms with Gasteiger partial charge in [-0.25, -0.2) is 0 Å². The molecule has 2 aromatic heterocycles. The molecule has 0 atom stereocenters. The molecule has 0 amide bonds. The maximum Gasteiger partial charge on any atom is 0.191 e. The molecule has 6 heteroatoms. The zero-order valence-corrected chi connectivity index (χ0v) is 11.5. The largest absolute Gasteiger partial charge is 0.469 e. The highest BCUT2D eigenvalue weighted by atomic mass is 32.2. The Balaban J connectivity index is 2.32. The lowest BCUT2D eigenvalue weighted by Crippen LogP contribution is -2.01. The van der Waals surface area contributed by atoms with E-state index in [0.29, 0.717) is 18.7 Å². The smallest absolute Gasteiger partial charge is 0.191 e. The van der Waals surface area contributed by atoms with Gasteiger partial charge in [-0.3, -0.25) is 4.57 Å². The molecule has 0 radical (unpaired) electrons. The Morgan fingerprint density at radius 2 is 2.42 bits per heavy atom. The minimum atomic E-state index is 0.492. The normalized spacial score (nSPS) is 10.3. The average molecular weight is 274 g/mol. The minimum absolute atomic E-state index is 0.492. The summed E-state index contributed by atoms with van der Waals surface area (Å²) in [7, 11) is 0. The van der Waals surface area contributed by atoms with Crippen molar-refractivity contribution in [3.8, 4) is 17.5 Å². The van der Waals surface area contributed by atoms with Crippen molar-refractivity contribution in [2.45, 2.75) is 25.0 Å². The van der Waals surface area contributed by atoms with Gasteiger partial charge in [0.1, 0.15) is 5.76 Å². The monoisotopic (exact) mass is 274 g/mol. The SMILES string of the molecule is C=CCn1c(SCCC#N)nnc1-c1ccoc1C. The quantitative estimate of drug-likeness (QED) is 0.460. The van der Waals surface area contributed by atoms with E-state index < -0.39 is 0 Å². The van der Waals surface area contributed by atoms with Crippen molar-refractivity contribution in [3.05, 3.63) is 30.7 Å². The highest BCUT2D eigenvalue weighted by Crippen LogP contribution is 2.27. The average Bonchev–Trinajstić information content (AvgIpc) is 2.97. The first-order chi connectivity index (χ1) is 9.27. The number of thioether (sulfide) groups is 1. The third-order valence-corrected chi connectivity index (χ3v) is 3.54. The molecule has 0 spiro atoms. The van der Waals surface area contributed by atoms with Gasteiger partial charge in [0.05, 0.1) is 17.9 Å². The van der Waals surface area contributed by atoms with E-state index in [0.717, 1.165) is 22.3 Å². The van der Waals surface area contributed by atoms with Crippen LogP contribution in [0.3, 0.4) is 0 Å². The maximum atomic E-state index is 8.57. The number of hydrogen-bond acceptors (Lipinski definition) is 5. The fraction of sp³-hybridized carbons (Fsp3) is 0.308. The van der Waals surface area contributed by atoms with E-state index in [1.54, 1.807) is 12.3 Å². The summed E-state index contributed by atoms with van der Waals surface area (Å²) >= 11 is 1.52. The van der Waals surface area contributed by atoms with Crippen LogP contribution in [0.5, 0.6) is 0 Å². The van der Waals surface area contributed by atoms with Crippen molar-refractivity contribution in [1.82, 2.24) is 14.8 Å². The van der Waals surface area contributed by atoms with Gasteiger partial charge in [-0.1, -0.05) is 17.8 Å². The molecular weight excluding hydrogens is 260 g/mol. The summed E-state index contributed by atoms with van der Waals surface area (Å²) in [4.78, 5) is 0. The van der Waals surface area contributed by atoms with E-state index in [4.69, 9.17) is 9.68 Å². The molecule has 0 fully saturated rings. The van der Waals surface area contributed by atoms with Crippen LogP contribution in [0.4, 0.5) is 0 Å². The highest BCUT2D eigenvalue weighted by Gasteiger charge is 2.16. The van der Waals surface area contributed by atoms with Crippen LogP contribution in [0.15, 0.2) is 34.6 Å². The second-order valence-corrected chi connectivity index (χ2v) is 4.91. The lowest BCUT2D eigenvalue weighted by Gasteiger charge is -2.06. The summed E-state index contributed by atoms with van der Waals surface area (Å²) in [6, 6.07) is 4.00. The molecule has 2 heterocycles. The molecule has 98 valence electrons. The molecule has 0 saturated heterocycles. The summed E-state index contributed by atoms with van der Waals surface area (Å²) in [5.41, 5.74) is 0.932. The summed E-state index contributed by atoms with van der Waals surface area (Å²) < 4.78 is 7.28. The third kappa shape index (κ3) is 2.88. The topological polar surface area (TPSA) is 67.6 Å². The Morgan fingerprint density at radius 1 is 1.58 bits per heavy atom. The van der Waals surface area contributed by atoms with Crippen molar-refractivity contribution in [2.24, 2.45) is 0 Å². The lowest BCUT2D eigenvalue weighted by atomic mass is 10.2. The number of hydrogen-bond donors (Lipinski definition) is 0. The van der Waals surface area contributed by atoms with Gasteiger partial charge in [0.25, 0.3) is 0 Å². The number of nitrogens with zero attached hydrogens (tertiary/aromatic N) is 4. The molecule has 0 aliphatic carbocycles. The predicted molar refractivity (Wildman–Crippen MR) is 73.6 cm³/mol. The fourth-order valence-corrected chi connectivity index (χ4v) is 2.48. The summed E-state index contributed by atoms with van der Waals surface area (Å²) in [6.07, 6.45) is 3.93. The van der Waals surface area contributed by atoms with Crippen LogP contribution in [0.2, 0.25) is 0 Å². The molecule has 0 unspecified atom stereocenters. The molecule has 0 saturated carbocycles. The Hall–Kier alpha value is -2.00. The van der Waals surface area contributed by atoms with Gasteiger partial charge in [0, 0.05) is 18.7 Å². The number of aromatic nitrogens is 3. The van der Waals surface area contributed by atoms with Crippen LogP contribution in [-0.2, 0) is 6.54 Å². The fourth-order valence-electron chi connectivity index (χ4n) is 1.69. The van der Waals surface area contributed by atoms with Crippen molar-refractivity contribution in [3.63, 3.8) is 0 Å². The van der Waals surface area contributed by atoms with Crippen LogP contribution < -0.4 is 0 Å². The van der Waals surface area contributed by atoms with E-state index in [1.807, 2.05) is 17.6 Å². The van der Waals surface area contributed by atoms with Gasteiger partial charge in [0.2, 0.25) is 0 Å². The number of furan rings is 1. The van der Waals surface area contributed by atoms with Crippen molar-refractivity contribution < 1.29 is 4.42 Å². The molecule has 0 N–H and O–H groups in total. The van der Waals surface area contributed by atoms with Crippen LogP contribution in [0, 0.1) is 18.3 Å². The maximum absolute atomic E-state index is 8.57. The van der Waals surface area contributed by atoms with E-state index in [-0.39, 0.29) is 0 Å². The van der Waals surface area contributed by atoms with Crippen molar-refractivity contribution >= 4 is 11.8 Å². The first-order valence-corrected chi connectivity index (χ1v) is 6.84. The van der Waals surface area contributed by atoms with Crippen LogP contribution in [0.1, 0.15) is 12.2 Å². The Labute approximate surface area is 115 Å². The van der Waals surface area contributed by atoms with Crippen molar-refractivity contribution in [1.29, 1.82) is 5.26 Å². The zero-order valence-electron chi connectivity index (χ0n) is 10.7. The molecule has 0 aliphatic rings. The van der Waals surface area contributed by atoms with Gasteiger partial charge in [-0.05, 0) is 13.0 Å². The number of allylic oxidation sites excluding steroid dienone is 1. The first kappa shape index (κ1) is 13.4. The zero-order chi connectivity index (χ0) is 13.7. The van der Waals surface area contributed by atoms with Gasteiger partial charge >= 0.3 is 0 Å². The van der Waals surface area contributed by atoms with Crippen molar-refractivity contribution in [2.75, 3.05) is 5.75 Å². The number of rotatable bonds is 6. The molecule has 5 nitrogen and oxygen atoms in total. The Bertz CT molecular complexity index is 608. The van der Waals surface area contributed by atoms with Crippen LogP contribution >= 0.6 is 11.8 Å². The van der Waals surface area contributed by atoms with Gasteiger partial charge in [-0.15, -0.1) is 16.8 Å². The standard InChI is InChI=1S/C13H14N4OS/c1-3-7-17-12(11-5-8-18-10(11)2)15-16-13(17)19-9-4-6-14/h3,5,8H,1,4,7,9H2,2H3. The molecule has 0 aromatic carbocycles. The molecular formula is C13H14N4OS. The van der Waals surface area contributed by atoms with E-state index in [2.05, 4.69) is 22.8 Å². The van der Waals surface area contributed by atoms with Crippen LogP contribution in [-0.4, -0.2) is 20.5 Å². The summed E-state index contributed by atoms with van der Waals surface area (Å²) in [5.74, 6) is 2.28. The predicted octanol–water partition coefficient (Wildman–Crippen LogP) is 3.04. The molecule has 2 rings (SSSR count). The molecule has 2 aromatic rings. The second-order valence-electron chi connectivity index (χ2n) is 3.85. The minimum Gasteiger partial charge on any atom is -0.469 e. The van der Waals surface area contributed by atoms with E-state index in [9.17, 15) is 0 Å². The Morgan fingerprint density at radius 3 is 3.05 bits per heavy atom. The molecule has 0 aliphatic heterocycles. The van der Waals surface area contributed by atoms with Crippen LogP contribution in [0.25, 0.3) is 11.4 Å². The first-order valence-electron chi connectivity index (χ1n) is 5.86. The highest BCUT2D eigenvalue weighted by molar-refractivity contribution is 7.99. The third-order valence-electron chi connectivity index (χ3n) is 2.57. The summed E-state index contributed by atoms with van der Waals surface area (Å²) in [6.45, 7) is 6.28. The second kappa shape index (κ2) is 6.25. The van der Waals surface area contributed by atoms with Gasteiger partial charge in [0.15, 0.2) is 11.0 Å². The number of aryl methyl sites for hydroxylation is 1. The van der Waals surface area contributed by atoms with E-state index in [1.165, 1.54) is 11.8 Å². The van der Waals surface area contributed by atoms with Gasteiger partial charge in [-0.2, -0.15) is 5.26 Å².